The van der Waals surface area contributed by atoms with Crippen molar-refractivity contribution < 1.29 is 12.8 Å². The average Bonchev–Trinajstić information content (AvgIpc) is 3.18. The van der Waals surface area contributed by atoms with Crippen LogP contribution in [0.15, 0.2) is 70.2 Å². The molecule has 1 aromatic heterocycles. The zero-order valence-electron chi connectivity index (χ0n) is 15.5. The monoisotopic (exact) mass is 415 g/mol. The van der Waals surface area contributed by atoms with Crippen LogP contribution < -0.4 is 15.4 Å². The number of benzene rings is 2. The van der Waals surface area contributed by atoms with Crippen LogP contribution >= 0.6 is 12.2 Å². The summed E-state index contributed by atoms with van der Waals surface area (Å²) in [5.74, 6) is 0.546. The lowest BCUT2D eigenvalue weighted by molar-refractivity contribution is 0.498. The van der Waals surface area contributed by atoms with Gasteiger partial charge >= 0.3 is 0 Å². The van der Waals surface area contributed by atoms with Gasteiger partial charge in [-0.25, -0.2) is 13.1 Å². The second kappa shape index (κ2) is 8.55. The van der Waals surface area contributed by atoms with E-state index in [1.807, 2.05) is 32.0 Å². The van der Waals surface area contributed by atoms with E-state index in [4.69, 9.17) is 16.6 Å². The quantitative estimate of drug-likeness (QED) is 0.524. The molecule has 0 amide bonds. The molecule has 0 radical (unpaired) electrons. The van der Waals surface area contributed by atoms with Crippen LogP contribution in [0.25, 0.3) is 0 Å². The van der Waals surface area contributed by atoms with Crippen molar-refractivity contribution in [2.24, 2.45) is 0 Å². The lowest BCUT2D eigenvalue weighted by Gasteiger charge is -2.14. The van der Waals surface area contributed by atoms with Crippen LogP contribution in [0.5, 0.6) is 0 Å². The molecule has 8 heteroatoms. The molecule has 2 aromatic carbocycles. The molecule has 0 spiro atoms. The summed E-state index contributed by atoms with van der Waals surface area (Å²) in [5.41, 5.74) is 3.91. The van der Waals surface area contributed by atoms with E-state index in [1.165, 1.54) is 24.0 Å². The van der Waals surface area contributed by atoms with Crippen molar-refractivity contribution in [3.8, 4) is 0 Å². The third-order valence-corrected chi connectivity index (χ3v) is 5.91. The van der Waals surface area contributed by atoms with E-state index >= 15 is 0 Å². The Morgan fingerprint density at radius 1 is 1.00 bits per heavy atom. The van der Waals surface area contributed by atoms with Crippen molar-refractivity contribution in [1.29, 1.82) is 0 Å². The van der Waals surface area contributed by atoms with Gasteiger partial charge in [0.25, 0.3) is 0 Å². The topological polar surface area (TPSA) is 83.4 Å². The molecule has 0 aliphatic rings. The summed E-state index contributed by atoms with van der Waals surface area (Å²) in [6, 6.07) is 15.7. The first-order valence-corrected chi connectivity index (χ1v) is 10.5. The standard InChI is InChI=1S/C20H21N3O3S2/c1-14-5-3-7-19(15(14)2)23-20(27)22-16-8-10-18(11-9-16)28(24,25)21-13-17-6-4-12-26-17/h3-12,21H,13H2,1-2H3,(H2,22,23,27). The molecule has 146 valence electrons. The van der Waals surface area contributed by atoms with E-state index in [9.17, 15) is 8.42 Å². The molecule has 6 nitrogen and oxygen atoms in total. The highest BCUT2D eigenvalue weighted by atomic mass is 32.2. The van der Waals surface area contributed by atoms with Gasteiger partial charge in [-0.05, 0) is 79.7 Å². The summed E-state index contributed by atoms with van der Waals surface area (Å²) in [5, 5.41) is 6.65. The normalized spacial score (nSPS) is 11.2. The minimum atomic E-state index is -3.63. The molecule has 28 heavy (non-hydrogen) atoms. The molecule has 0 aliphatic carbocycles. The van der Waals surface area contributed by atoms with Crippen molar-refractivity contribution in [2.45, 2.75) is 25.3 Å². The van der Waals surface area contributed by atoms with Crippen molar-refractivity contribution in [2.75, 3.05) is 10.6 Å². The van der Waals surface area contributed by atoms with Gasteiger partial charge in [-0.1, -0.05) is 12.1 Å². The Morgan fingerprint density at radius 3 is 2.43 bits per heavy atom. The van der Waals surface area contributed by atoms with Crippen molar-refractivity contribution in [3.63, 3.8) is 0 Å². The average molecular weight is 416 g/mol. The van der Waals surface area contributed by atoms with Gasteiger partial charge in [0.1, 0.15) is 5.76 Å². The number of sulfonamides is 1. The van der Waals surface area contributed by atoms with Gasteiger partial charge < -0.3 is 15.1 Å². The van der Waals surface area contributed by atoms with Gasteiger partial charge in [0, 0.05) is 11.4 Å². The summed E-state index contributed by atoms with van der Waals surface area (Å²) in [4.78, 5) is 0.165. The molecule has 0 unspecified atom stereocenters. The Hall–Kier alpha value is -2.68. The molecule has 0 saturated heterocycles. The number of aryl methyl sites for hydroxylation is 1. The maximum atomic E-state index is 12.4. The van der Waals surface area contributed by atoms with Crippen LogP contribution in [0.1, 0.15) is 16.9 Å². The Bertz CT molecular complexity index is 1060. The Labute approximate surface area is 170 Å². The number of furan rings is 1. The fourth-order valence-electron chi connectivity index (χ4n) is 2.55. The van der Waals surface area contributed by atoms with E-state index in [2.05, 4.69) is 15.4 Å². The second-order valence-corrected chi connectivity index (χ2v) is 8.43. The number of rotatable bonds is 6. The number of hydrogen-bond acceptors (Lipinski definition) is 4. The minimum absolute atomic E-state index is 0.0964. The highest BCUT2D eigenvalue weighted by molar-refractivity contribution is 7.89. The van der Waals surface area contributed by atoms with Crippen molar-refractivity contribution in [3.05, 3.63) is 77.7 Å². The molecular weight excluding hydrogens is 394 g/mol. The fraction of sp³-hybridized carbons (Fsp3) is 0.150. The van der Waals surface area contributed by atoms with Gasteiger partial charge in [0.15, 0.2) is 5.11 Å². The van der Waals surface area contributed by atoms with Gasteiger partial charge in [-0.2, -0.15) is 0 Å². The molecule has 0 atom stereocenters. The van der Waals surface area contributed by atoms with E-state index in [-0.39, 0.29) is 11.4 Å². The van der Waals surface area contributed by atoms with E-state index < -0.39 is 10.0 Å². The van der Waals surface area contributed by atoms with Crippen LogP contribution in [0, 0.1) is 13.8 Å². The van der Waals surface area contributed by atoms with Gasteiger partial charge in [0.2, 0.25) is 10.0 Å². The van der Waals surface area contributed by atoms with E-state index in [0.717, 1.165) is 11.3 Å². The van der Waals surface area contributed by atoms with Crippen LogP contribution in [-0.4, -0.2) is 13.5 Å². The molecule has 3 N–H and O–H groups in total. The Balaban J connectivity index is 1.62. The predicted molar refractivity (Wildman–Crippen MR) is 115 cm³/mol. The largest absolute Gasteiger partial charge is 0.468 e. The molecule has 0 fully saturated rings. The number of nitrogens with one attached hydrogen (secondary N) is 3. The van der Waals surface area contributed by atoms with Crippen LogP contribution in [0.3, 0.4) is 0 Å². The molecular formula is C20H21N3O3S2. The van der Waals surface area contributed by atoms with Crippen molar-refractivity contribution in [1.82, 2.24) is 4.72 Å². The molecule has 0 bridgehead atoms. The van der Waals surface area contributed by atoms with Gasteiger partial charge in [-0.3, -0.25) is 0 Å². The first kappa shape index (κ1) is 20.1. The number of thiocarbonyl (C=S) groups is 1. The maximum absolute atomic E-state index is 12.4. The van der Waals surface area contributed by atoms with Crippen molar-refractivity contribution >= 4 is 38.7 Å². The summed E-state index contributed by atoms with van der Waals surface area (Å²) >= 11 is 5.35. The summed E-state index contributed by atoms with van der Waals surface area (Å²) in [6.07, 6.45) is 1.50. The zero-order valence-corrected chi connectivity index (χ0v) is 17.2. The lowest BCUT2D eigenvalue weighted by Crippen LogP contribution is -2.23. The van der Waals surface area contributed by atoms with Crippen LogP contribution in [0.2, 0.25) is 0 Å². The first-order chi connectivity index (χ1) is 13.3. The number of anilines is 2. The van der Waals surface area contributed by atoms with Gasteiger partial charge in [-0.15, -0.1) is 0 Å². The molecule has 1 heterocycles. The van der Waals surface area contributed by atoms with E-state index in [1.54, 1.807) is 24.3 Å². The van der Waals surface area contributed by atoms with E-state index in [0.29, 0.717) is 16.6 Å². The SMILES string of the molecule is Cc1cccc(NC(=S)Nc2ccc(S(=O)(=O)NCc3ccco3)cc2)c1C. The maximum Gasteiger partial charge on any atom is 0.240 e. The fourth-order valence-corrected chi connectivity index (χ4v) is 3.77. The third kappa shape index (κ3) is 4.98. The van der Waals surface area contributed by atoms with Crippen LogP contribution in [-0.2, 0) is 16.6 Å². The van der Waals surface area contributed by atoms with Gasteiger partial charge in [0.05, 0.1) is 17.7 Å². The molecule has 0 aliphatic heterocycles. The summed E-state index contributed by atoms with van der Waals surface area (Å²) < 4.78 is 32.4. The third-order valence-electron chi connectivity index (χ3n) is 4.29. The highest BCUT2D eigenvalue weighted by Crippen LogP contribution is 2.19. The Kier molecular flexibility index (Phi) is 6.13. The Morgan fingerprint density at radius 2 is 1.75 bits per heavy atom. The zero-order chi connectivity index (χ0) is 20.1. The molecule has 0 saturated carbocycles. The smallest absolute Gasteiger partial charge is 0.240 e. The summed E-state index contributed by atoms with van der Waals surface area (Å²) in [6.45, 7) is 4.16. The lowest BCUT2D eigenvalue weighted by atomic mass is 10.1. The first-order valence-electron chi connectivity index (χ1n) is 8.61. The predicted octanol–water partition coefficient (Wildman–Crippen LogP) is 4.18. The second-order valence-electron chi connectivity index (χ2n) is 6.25. The van der Waals surface area contributed by atoms with Crippen LogP contribution in [0.4, 0.5) is 11.4 Å². The summed E-state index contributed by atoms with van der Waals surface area (Å²) in [7, 11) is -3.63. The molecule has 3 aromatic rings. The highest BCUT2D eigenvalue weighted by Gasteiger charge is 2.14. The minimum Gasteiger partial charge on any atom is -0.468 e. The number of hydrogen-bond donors (Lipinski definition) is 3. The molecule has 3 rings (SSSR count).